The SMILES string of the molecule is COC[C@H](c1ccccn1)N(C)Cc1cc(=O)n2cccc(O)c2n1. The minimum absolute atomic E-state index is 0.0257. The third-order valence-corrected chi connectivity index (χ3v) is 4.02. The monoisotopic (exact) mass is 340 g/mol. The Hall–Kier alpha value is -2.77. The lowest BCUT2D eigenvalue weighted by Crippen LogP contribution is -2.29. The Bertz CT molecular complexity index is 911. The second kappa shape index (κ2) is 7.42. The molecule has 3 heterocycles. The maximum atomic E-state index is 12.3. The highest BCUT2D eigenvalue weighted by atomic mass is 16.5. The first-order valence-electron chi connectivity index (χ1n) is 7.90. The zero-order chi connectivity index (χ0) is 17.8. The van der Waals surface area contributed by atoms with Gasteiger partial charge in [0.1, 0.15) is 0 Å². The quantitative estimate of drug-likeness (QED) is 0.734. The van der Waals surface area contributed by atoms with Crippen molar-refractivity contribution >= 4 is 5.65 Å². The van der Waals surface area contributed by atoms with Gasteiger partial charge >= 0.3 is 0 Å². The van der Waals surface area contributed by atoms with E-state index in [0.29, 0.717) is 18.8 Å². The number of hydrogen-bond acceptors (Lipinski definition) is 6. The number of aromatic hydroxyl groups is 1. The summed E-state index contributed by atoms with van der Waals surface area (Å²) in [6.07, 6.45) is 3.32. The fourth-order valence-corrected chi connectivity index (χ4v) is 2.77. The molecule has 0 fully saturated rings. The van der Waals surface area contributed by atoms with Gasteiger partial charge in [-0.25, -0.2) is 4.98 Å². The summed E-state index contributed by atoms with van der Waals surface area (Å²) in [5.74, 6) is -0.0257. The Morgan fingerprint density at radius 2 is 2.16 bits per heavy atom. The van der Waals surface area contributed by atoms with Gasteiger partial charge in [0.25, 0.3) is 5.56 Å². The zero-order valence-electron chi connectivity index (χ0n) is 14.2. The average Bonchev–Trinajstić information content (AvgIpc) is 2.61. The third kappa shape index (κ3) is 3.67. The lowest BCUT2D eigenvalue weighted by Gasteiger charge is -2.26. The molecule has 3 aromatic heterocycles. The molecule has 1 N–H and O–H groups in total. The first-order chi connectivity index (χ1) is 12.1. The molecule has 130 valence electrons. The van der Waals surface area contributed by atoms with Crippen molar-refractivity contribution in [3.05, 3.63) is 70.5 Å². The number of likely N-dealkylation sites (N-methyl/N-ethyl adjacent to an activating group) is 1. The molecular weight excluding hydrogens is 320 g/mol. The summed E-state index contributed by atoms with van der Waals surface area (Å²) >= 11 is 0. The smallest absolute Gasteiger partial charge is 0.258 e. The second-order valence-electron chi connectivity index (χ2n) is 5.81. The summed E-state index contributed by atoms with van der Waals surface area (Å²) in [7, 11) is 3.56. The van der Waals surface area contributed by atoms with E-state index in [2.05, 4.69) is 9.97 Å². The van der Waals surface area contributed by atoms with Gasteiger partial charge in [-0.15, -0.1) is 0 Å². The predicted molar refractivity (Wildman–Crippen MR) is 93.4 cm³/mol. The number of rotatable bonds is 6. The van der Waals surface area contributed by atoms with Crippen LogP contribution in [-0.4, -0.2) is 45.1 Å². The number of pyridine rings is 2. The van der Waals surface area contributed by atoms with Crippen LogP contribution in [0.2, 0.25) is 0 Å². The van der Waals surface area contributed by atoms with E-state index in [4.69, 9.17) is 4.74 Å². The van der Waals surface area contributed by atoms with Crippen LogP contribution in [0.4, 0.5) is 0 Å². The molecule has 0 saturated carbocycles. The molecule has 0 aliphatic heterocycles. The minimum atomic E-state index is -0.231. The van der Waals surface area contributed by atoms with E-state index in [1.54, 1.807) is 25.6 Å². The molecule has 3 rings (SSSR count). The molecule has 3 aromatic rings. The highest BCUT2D eigenvalue weighted by Gasteiger charge is 2.19. The molecule has 0 radical (unpaired) electrons. The summed E-state index contributed by atoms with van der Waals surface area (Å²) < 4.78 is 6.65. The molecule has 1 atom stereocenters. The van der Waals surface area contributed by atoms with Crippen LogP contribution in [0.25, 0.3) is 5.65 Å². The molecule has 0 aliphatic rings. The first kappa shape index (κ1) is 17.1. The van der Waals surface area contributed by atoms with Crippen LogP contribution in [0.3, 0.4) is 0 Å². The molecule has 0 amide bonds. The number of fused-ring (bicyclic) bond motifs is 1. The Kier molecular flexibility index (Phi) is 5.06. The van der Waals surface area contributed by atoms with Crippen LogP contribution >= 0.6 is 0 Å². The topological polar surface area (TPSA) is 80.0 Å². The van der Waals surface area contributed by atoms with Gasteiger partial charge < -0.3 is 9.84 Å². The maximum absolute atomic E-state index is 12.3. The summed E-state index contributed by atoms with van der Waals surface area (Å²) in [6, 6.07) is 10.2. The van der Waals surface area contributed by atoms with Crippen LogP contribution in [-0.2, 0) is 11.3 Å². The highest BCUT2D eigenvalue weighted by molar-refractivity contribution is 5.52. The number of nitrogens with zero attached hydrogens (tertiary/aromatic N) is 4. The van der Waals surface area contributed by atoms with Crippen molar-refractivity contribution in [2.24, 2.45) is 0 Å². The summed E-state index contributed by atoms with van der Waals surface area (Å²) in [5.41, 5.74) is 1.48. The predicted octanol–water partition coefficient (Wildman–Crippen LogP) is 1.61. The van der Waals surface area contributed by atoms with Crippen molar-refractivity contribution in [1.82, 2.24) is 19.3 Å². The van der Waals surface area contributed by atoms with Gasteiger partial charge in [-0.1, -0.05) is 6.07 Å². The van der Waals surface area contributed by atoms with Crippen molar-refractivity contribution < 1.29 is 9.84 Å². The molecule has 0 bridgehead atoms. The Morgan fingerprint density at radius 3 is 2.88 bits per heavy atom. The zero-order valence-corrected chi connectivity index (χ0v) is 14.2. The molecule has 7 nitrogen and oxygen atoms in total. The summed E-state index contributed by atoms with van der Waals surface area (Å²) in [6.45, 7) is 0.885. The molecule has 0 aromatic carbocycles. The van der Waals surface area contributed by atoms with E-state index in [1.807, 2.05) is 30.1 Å². The van der Waals surface area contributed by atoms with E-state index in [9.17, 15) is 9.90 Å². The Labute approximate surface area is 145 Å². The maximum Gasteiger partial charge on any atom is 0.258 e. The number of ether oxygens (including phenoxy) is 1. The Balaban J connectivity index is 1.91. The molecule has 7 heteroatoms. The van der Waals surface area contributed by atoms with Gasteiger partial charge in [0.15, 0.2) is 11.4 Å². The average molecular weight is 340 g/mol. The van der Waals surface area contributed by atoms with E-state index in [1.165, 1.54) is 16.5 Å². The van der Waals surface area contributed by atoms with Gasteiger partial charge in [0, 0.05) is 32.1 Å². The largest absolute Gasteiger partial charge is 0.504 e. The van der Waals surface area contributed by atoms with E-state index < -0.39 is 0 Å². The summed E-state index contributed by atoms with van der Waals surface area (Å²) in [4.78, 5) is 23.1. The van der Waals surface area contributed by atoms with Crippen LogP contribution in [0.5, 0.6) is 5.75 Å². The number of hydrogen-bond donors (Lipinski definition) is 1. The molecule has 0 spiro atoms. The van der Waals surface area contributed by atoms with Crippen molar-refractivity contribution in [1.29, 1.82) is 0 Å². The van der Waals surface area contributed by atoms with Gasteiger partial charge in [-0.2, -0.15) is 0 Å². The molecule has 0 aliphatic carbocycles. The van der Waals surface area contributed by atoms with Crippen molar-refractivity contribution in [2.45, 2.75) is 12.6 Å². The highest BCUT2D eigenvalue weighted by Crippen LogP contribution is 2.20. The molecular formula is C18H20N4O3. The second-order valence-corrected chi connectivity index (χ2v) is 5.81. The Morgan fingerprint density at radius 1 is 1.32 bits per heavy atom. The lowest BCUT2D eigenvalue weighted by molar-refractivity contribution is 0.0993. The van der Waals surface area contributed by atoms with Crippen LogP contribution in [0, 0.1) is 0 Å². The minimum Gasteiger partial charge on any atom is -0.504 e. The van der Waals surface area contributed by atoms with Crippen molar-refractivity contribution in [3.63, 3.8) is 0 Å². The van der Waals surface area contributed by atoms with Gasteiger partial charge in [0.05, 0.1) is 24.0 Å². The van der Waals surface area contributed by atoms with Crippen LogP contribution in [0.15, 0.2) is 53.6 Å². The van der Waals surface area contributed by atoms with E-state index in [-0.39, 0.29) is 23.0 Å². The van der Waals surface area contributed by atoms with Gasteiger partial charge in [-0.3, -0.25) is 19.1 Å². The van der Waals surface area contributed by atoms with Crippen molar-refractivity contribution in [3.8, 4) is 5.75 Å². The van der Waals surface area contributed by atoms with E-state index in [0.717, 1.165) is 5.69 Å². The molecule has 0 saturated heterocycles. The lowest BCUT2D eigenvalue weighted by atomic mass is 10.1. The van der Waals surface area contributed by atoms with Crippen LogP contribution in [0.1, 0.15) is 17.4 Å². The molecule has 0 unspecified atom stereocenters. The third-order valence-electron chi connectivity index (χ3n) is 4.02. The number of methoxy groups -OCH3 is 1. The fraction of sp³-hybridized carbons (Fsp3) is 0.278. The molecule has 25 heavy (non-hydrogen) atoms. The van der Waals surface area contributed by atoms with Gasteiger partial charge in [0.2, 0.25) is 0 Å². The first-order valence-corrected chi connectivity index (χ1v) is 7.90. The van der Waals surface area contributed by atoms with Crippen molar-refractivity contribution in [2.75, 3.05) is 20.8 Å². The standard InChI is InChI=1S/C18H20N4O3/c1-21(15(12-25-2)14-6-3-4-8-19-14)11-13-10-17(24)22-9-5-7-16(23)18(22)20-13/h3-10,15,23H,11-12H2,1-2H3/t15-/m1/s1. The summed E-state index contributed by atoms with van der Waals surface area (Å²) in [5, 5.41) is 9.96. The number of aromatic nitrogens is 3. The van der Waals surface area contributed by atoms with Gasteiger partial charge in [-0.05, 0) is 31.3 Å². The normalized spacial score (nSPS) is 12.6. The fourth-order valence-electron chi connectivity index (χ4n) is 2.77. The van der Waals surface area contributed by atoms with E-state index >= 15 is 0 Å². The van der Waals surface area contributed by atoms with Crippen LogP contribution < -0.4 is 5.56 Å².